The molecule has 2 nitrogen and oxygen atoms in total. The minimum atomic E-state index is -0.394. The van der Waals surface area contributed by atoms with Crippen LogP contribution in [0.15, 0.2) is 4.47 Å². The van der Waals surface area contributed by atoms with Crippen LogP contribution in [0.4, 0.5) is 0 Å². The molecule has 0 aliphatic heterocycles. The van der Waals surface area contributed by atoms with Gasteiger partial charge < -0.3 is 10.8 Å². The molecule has 84 valence electrons. The summed E-state index contributed by atoms with van der Waals surface area (Å²) in [7, 11) is 0. The topological polar surface area (TPSA) is 46.2 Å². The Bertz CT molecular complexity index is 376. The maximum absolute atomic E-state index is 9.87. The summed E-state index contributed by atoms with van der Waals surface area (Å²) < 4.78 is 0.749. The van der Waals surface area contributed by atoms with Gasteiger partial charge in [0.25, 0.3) is 0 Å². The smallest absolute Gasteiger partial charge is 0.133 e. The lowest BCUT2D eigenvalue weighted by Crippen LogP contribution is -2.31. The molecule has 0 spiro atoms. The monoisotopic (exact) mass is 271 g/mol. The molecule has 0 heterocycles. The van der Waals surface area contributed by atoms with Gasteiger partial charge >= 0.3 is 0 Å². The van der Waals surface area contributed by atoms with E-state index in [1.165, 1.54) is 0 Å². The van der Waals surface area contributed by atoms with Crippen molar-refractivity contribution in [1.82, 2.24) is 0 Å². The second-order valence-electron chi connectivity index (χ2n) is 4.63. The van der Waals surface area contributed by atoms with Crippen LogP contribution in [0, 0.1) is 20.8 Å². The van der Waals surface area contributed by atoms with Gasteiger partial charge in [0.05, 0.1) is 4.47 Å². The molecule has 1 rings (SSSR count). The predicted molar refractivity (Wildman–Crippen MR) is 67.2 cm³/mol. The maximum Gasteiger partial charge on any atom is 0.133 e. The van der Waals surface area contributed by atoms with E-state index in [1.807, 2.05) is 34.6 Å². The predicted octanol–water partition coefficient (Wildman–Crippen LogP) is 3.27. The van der Waals surface area contributed by atoms with E-state index in [2.05, 4.69) is 15.9 Å². The number of aromatic hydroxyl groups is 1. The lowest BCUT2D eigenvalue weighted by Gasteiger charge is -2.27. The summed E-state index contributed by atoms with van der Waals surface area (Å²) >= 11 is 3.40. The zero-order chi connectivity index (χ0) is 12.0. The largest absolute Gasteiger partial charge is 0.506 e. The number of nitrogens with two attached hydrogens (primary N) is 1. The molecule has 0 saturated heterocycles. The van der Waals surface area contributed by atoms with E-state index < -0.39 is 5.54 Å². The van der Waals surface area contributed by atoms with Crippen LogP contribution in [-0.2, 0) is 5.54 Å². The van der Waals surface area contributed by atoms with Crippen molar-refractivity contribution < 1.29 is 5.11 Å². The zero-order valence-corrected chi connectivity index (χ0v) is 11.5. The number of hydrogen-bond acceptors (Lipinski definition) is 2. The molecule has 0 bridgehead atoms. The quantitative estimate of drug-likeness (QED) is 0.824. The fourth-order valence-corrected chi connectivity index (χ4v) is 2.56. The molecule has 0 aliphatic rings. The molecule has 3 N–H and O–H groups in total. The van der Waals surface area contributed by atoms with Crippen LogP contribution in [0.1, 0.15) is 36.1 Å². The molecule has 0 aliphatic carbocycles. The Morgan fingerprint density at radius 3 is 1.93 bits per heavy atom. The average Bonchev–Trinajstić information content (AvgIpc) is 2.09. The Morgan fingerprint density at radius 2 is 1.53 bits per heavy atom. The van der Waals surface area contributed by atoms with Gasteiger partial charge in [-0.05, 0) is 72.8 Å². The van der Waals surface area contributed by atoms with E-state index in [4.69, 9.17) is 5.73 Å². The summed E-state index contributed by atoms with van der Waals surface area (Å²) in [4.78, 5) is 0. The SMILES string of the molecule is Cc1c(C)c(C(C)(C)N)c(C)c(Br)c1O. The van der Waals surface area contributed by atoms with Crippen LogP contribution < -0.4 is 5.73 Å². The highest BCUT2D eigenvalue weighted by molar-refractivity contribution is 9.10. The fourth-order valence-electron chi connectivity index (χ4n) is 2.06. The highest BCUT2D eigenvalue weighted by Gasteiger charge is 2.24. The van der Waals surface area contributed by atoms with Crippen LogP contribution in [-0.4, -0.2) is 5.11 Å². The number of benzene rings is 1. The van der Waals surface area contributed by atoms with E-state index in [9.17, 15) is 5.11 Å². The summed E-state index contributed by atoms with van der Waals surface area (Å²) in [5.74, 6) is 0.318. The molecule has 0 fully saturated rings. The Hall–Kier alpha value is -0.540. The Morgan fingerprint density at radius 1 is 1.07 bits per heavy atom. The van der Waals surface area contributed by atoms with Gasteiger partial charge in [-0.3, -0.25) is 0 Å². The summed E-state index contributed by atoms with van der Waals surface area (Å²) in [5.41, 5.74) is 9.83. The number of rotatable bonds is 1. The molecule has 15 heavy (non-hydrogen) atoms. The van der Waals surface area contributed by atoms with Crippen molar-refractivity contribution in [2.45, 2.75) is 40.2 Å². The molecule has 0 atom stereocenters. The first-order valence-electron chi connectivity index (χ1n) is 4.95. The van der Waals surface area contributed by atoms with Gasteiger partial charge in [0.2, 0.25) is 0 Å². The van der Waals surface area contributed by atoms with Gasteiger partial charge in [-0.1, -0.05) is 0 Å². The maximum atomic E-state index is 9.87. The van der Waals surface area contributed by atoms with Crippen molar-refractivity contribution in [3.05, 3.63) is 26.7 Å². The number of halogens is 1. The average molecular weight is 272 g/mol. The third-order valence-corrected chi connectivity index (χ3v) is 3.82. The molecular weight excluding hydrogens is 254 g/mol. The van der Waals surface area contributed by atoms with E-state index in [1.54, 1.807) is 0 Å². The van der Waals surface area contributed by atoms with Crippen LogP contribution in [0.2, 0.25) is 0 Å². The number of phenolic OH excluding ortho intramolecular Hbond substituents is 1. The molecule has 0 saturated carbocycles. The van der Waals surface area contributed by atoms with Gasteiger partial charge in [-0.15, -0.1) is 0 Å². The van der Waals surface area contributed by atoms with Crippen LogP contribution in [0.25, 0.3) is 0 Å². The fraction of sp³-hybridized carbons (Fsp3) is 0.500. The van der Waals surface area contributed by atoms with Crippen molar-refractivity contribution >= 4 is 15.9 Å². The minimum absolute atomic E-state index is 0.318. The lowest BCUT2D eigenvalue weighted by atomic mass is 9.85. The van der Waals surface area contributed by atoms with E-state index >= 15 is 0 Å². The minimum Gasteiger partial charge on any atom is -0.506 e. The lowest BCUT2D eigenvalue weighted by molar-refractivity contribution is 0.463. The first-order valence-corrected chi connectivity index (χ1v) is 5.74. The summed E-state index contributed by atoms with van der Waals surface area (Å²) in [6.07, 6.45) is 0. The van der Waals surface area contributed by atoms with E-state index in [0.717, 1.165) is 26.7 Å². The van der Waals surface area contributed by atoms with Crippen LogP contribution >= 0.6 is 15.9 Å². The number of hydrogen-bond donors (Lipinski definition) is 2. The third-order valence-electron chi connectivity index (χ3n) is 2.85. The second-order valence-corrected chi connectivity index (χ2v) is 5.43. The van der Waals surface area contributed by atoms with Gasteiger partial charge in [-0.25, -0.2) is 0 Å². The van der Waals surface area contributed by atoms with Gasteiger partial charge in [0, 0.05) is 5.54 Å². The summed E-state index contributed by atoms with van der Waals surface area (Å²) in [5, 5.41) is 9.87. The van der Waals surface area contributed by atoms with Crippen LogP contribution in [0.5, 0.6) is 5.75 Å². The highest BCUT2D eigenvalue weighted by atomic mass is 79.9. The van der Waals surface area contributed by atoms with Crippen LogP contribution in [0.3, 0.4) is 0 Å². The van der Waals surface area contributed by atoms with E-state index in [0.29, 0.717) is 5.75 Å². The third kappa shape index (κ3) is 2.04. The highest BCUT2D eigenvalue weighted by Crippen LogP contribution is 2.39. The first kappa shape index (κ1) is 12.5. The van der Waals surface area contributed by atoms with Crippen molar-refractivity contribution in [2.24, 2.45) is 5.73 Å². The summed E-state index contributed by atoms with van der Waals surface area (Å²) in [6, 6.07) is 0. The van der Waals surface area contributed by atoms with Gasteiger partial charge in [0.15, 0.2) is 0 Å². The standard InChI is InChI=1S/C12H18BrNO/c1-6-7(2)11(15)10(13)8(3)9(6)12(4,5)14/h15H,14H2,1-5H3. The Labute approximate surface area is 99.6 Å². The molecular formula is C12H18BrNO. The van der Waals surface area contributed by atoms with Crippen molar-refractivity contribution in [1.29, 1.82) is 0 Å². The van der Waals surface area contributed by atoms with Gasteiger partial charge in [-0.2, -0.15) is 0 Å². The molecule has 0 unspecified atom stereocenters. The zero-order valence-electron chi connectivity index (χ0n) is 9.90. The second kappa shape index (κ2) is 3.80. The molecule has 0 aromatic heterocycles. The van der Waals surface area contributed by atoms with Crippen molar-refractivity contribution in [3.8, 4) is 5.75 Å². The van der Waals surface area contributed by atoms with Crippen molar-refractivity contribution in [2.75, 3.05) is 0 Å². The number of phenols is 1. The molecule has 1 aromatic carbocycles. The normalized spacial score (nSPS) is 11.9. The molecule has 0 amide bonds. The molecule has 0 radical (unpaired) electrons. The van der Waals surface area contributed by atoms with E-state index in [-0.39, 0.29) is 0 Å². The van der Waals surface area contributed by atoms with Crippen molar-refractivity contribution in [3.63, 3.8) is 0 Å². The Balaban J connectivity index is 3.68. The first-order chi connectivity index (χ1) is 6.68. The molecule has 1 aromatic rings. The summed E-state index contributed by atoms with van der Waals surface area (Å²) in [6.45, 7) is 9.83. The Kier molecular flexibility index (Phi) is 3.17. The molecule has 3 heteroatoms. The van der Waals surface area contributed by atoms with Gasteiger partial charge in [0.1, 0.15) is 5.75 Å².